The van der Waals surface area contributed by atoms with Crippen LogP contribution < -0.4 is 0 Å². The first-order valence-corrected chi connectivity index (χ1v) is 4.61. The van der Waals surface area contributed by atoms with E-state index in [1.165, 1.54) is 6.08 Å². The van der Waals surface area contributed by atoms with Gasteiger partial charge in [0.1, 0.15) is 5.58 Å². The summed E-state index contributed by atoms with van der Waals surface area (Å²) in [7, 11) is 0. The molecule has 0 fully saturated rings. The Morgan fingerprint density at radius 3 is 2.80 bits per heavy atom. The van der Waals surface area contributed by atoms with E-state index >= 15 is 0 Å². The van der Waals surface area contributed by atoms with Crippen molar-refractivity contribution in [1.29, 1.82) is 0 Å². The molecule has 0 aliphatic heterocycles. The summed E-state index contributed by atoms with van der Waals surface area (Å²) in [6, 6.07) is 6.98. The number of fused-ring (bicyclic) bond motifs is 1. The maximum atomic E-state index is 11.5. The van der Waals surface area contributed by atoms with Gasteiger partial charge in [0.15, 0.2) is 5.75 Å². The quantitative estimate of drug-likeness (QED) is 0.601. The van der Waals surface area contributed by atoms with Crippen LogP contribution in [-0.2, 0) is 0 Å². The maximum absolute atomic E-state index is 11.5. The third-order valence-corrected chi connectivity index (χ3v) is 2.11. The van der Waals surface area contributed by atoms with Crippen LogP contribution in [0.3, 0.4) is 0 Å². The van der Waals surface area contributed by atoms with E-state index in [9.17, 15) is 9.90 Å². The van der Waals surface area contributed by atoms with E-state index in [2.05, 4.69) is 0 Å². The Labute approximate surface area is 86.6 Å². The van der Waals surface area contributed by atoms with Gasteiger partial charge in [0.2, 0.25) is 11.5 Å². The number of hydrogen-bond donors (Lipinski definition) is 1. The summed E-state index contributed by atoms with van der Waals surface area (Å²) < 4.78 is 5.26. The minimum atomic E-state index is -0.328. The molecule has 1 N–H and O–H groups in total. The zero-order valence-electron chi connectivity index (χ0n) is 8.23. The van der Waals surface area contributed by atoms with Crippen LogP contribution in [0.4, 0.5) is 0 Å². The first-order valence-electron chi connectivity index (χ1n) is 4.61. The van der Waals surface area contributed by atoms with Crippen LogP contribution in [0.15, 0.2) is 40.8 Å². The fourth-order valence-electron chi connectivity index (χ4n) is 1.43. The van der Waals surface area contributed by atoms with Crippen LogP contribution in [0, 0.1) is 0 Å². The lowest BCUT2D eigenvalue weighted by Gasteiger charge is -1.89. The largest absolute Gasteiger partial charge is 0.504 e. The Morgan fingerprint density at radius 2 is 2.13 bits per heavy atom. The summed E-state index contributed by atoms with van der Waals surface area (Å²) in [6.45, 7) is 1.73. The minimum Gasteiger partial charge on any atom is -0.504 e. The summed E-state index contributed by atoms with van der Waals surface area (Å²) in [5.41, 5.74) is 0.517. The van der Waals surface area contributed by atoms with Crippen LogP contribution in [-0.4, -0.2) is 10.9 Å². The second-order valence-corrected chi connectivity index (χ2v) is 3.14. The normalized spacial score (nSPS) is 11.3. The van der Waals surface area contributed by atoms with E-state index < -0.39 is 0 Å². The lowest BCUT2D eigenvalue weighted by atomic mass is 10.2. The molecule has 3 nitrogen and oxygen atoms in total. The molecule has 15 heavy (non-hydrogen) atoms. The number of aromatic hydroxyl groups is 1. The summed E-state index contributed by atoms with van der Waals surface area (Å²) >= 11 is 0. The lowest BCUT2D eigenvalue weighted by Crippen LogP contribution is -1.90. The first kappa shape index (κ1) is 9.52. The van der Waals surface area contributed by atoms with Crippen LogP contribution in [0.5, 0.6) is 5.75 Å². The molecular weight excluding hydrogens is 192 g/mol. The predicted octanol–water partition coefficient (Wildman–Crippen LogP) is 2.90. The maximum Gasteiger partial charge on any atom is 0.224 e. The van der Waals surface area contributed by atoms with Crippen molar-refractivity contribution in [2.75, 3.05) is 0 Å². The third kappa shape index (κ3) is 1.52. The number of hydrogen-bond acceptors (Lipinski definition) is 3. The fraction of sp³-hybridized carbons (Fsp3) is 0.0833. The van der Waals surface area contributed by atoms with Gasteiger partial charge in [-0.1, -0.05) is 18.2 Å². The van der Waals surface area contributed by atoms with E-state index in [0.29, 0.717) is 11.0 Å². The zero-order chi connectivity index (χ0) is 10.8. The molecule has 0 radical (unpaired) electrons. The van der Waals surface area contributed by atoms with E-state index in [-0.39, 0.29) is 17.3 Å². The average molecular weight is 202 g/mol. The molecule has 2 aromatic rings. The molecule has 1 aromatic carbocycles. The summed E-state index contributed by atoms with van der Waals surface area (Å²) in [4.78, 5) is 11.5. The van der Waals surface area contributed by atoms with Crippen molar-refractivity contribution in [2.24, 2.45) is 0 Å². The number of carbonyl (C=O) groups is 1. The molecule has 0 aliphatic carbocycles. The molecule has 76 valence electrons. The van der Waals surface area contributed by atoms with Crippen molar-refractivity contribution in [3.63, 3.8) is 0 Å². The fourth-order valence-corrected chi connectivity index (χ4v) is 1.43. The van der Waals surface area contributed by atoms with E-state index in [1.54, 1.807) is 37.3 Å². The van der Waals surface area contributed by atoms with Gasteiger partial charge < -0.3 is 9.52 Å². The van der Waals surface area contributed by atoms with Crippen molar-refractivity contribution >= 4 is 16.8 Å². The number of para-hydroxylation sites is 1. The Balaban J connectivity index is 2.63. The van der Waals surface area contributed by atoms with Gasteiger partial charge in [-0.2, -0.15) is 0 Å². The van der Waals surface area contributed by atoms with Gasteiger partial charge >= 0.3 is 0 Å². The molecule has 0 atom stereocenters. The number of furan rings is 1. The van der Waals surface area contributed by atoms with Gasteiger partial charge in [-0.25, -0.2) is 0 Å². The Bertz CT molecular complexity index is 535. The molecule has 0 unspecified atom stereocenters. The Morgan fingerprint density at radius 1 is 1.40 bits per heavy atom. The van der Waals surface area contributed by atoms with Crippen LogP contribution >= 0.6 is 0 Å². The van der Waals surface area contributed by atoms with Crippen molar-refractivity contribution < 1.29 is 14.3 Å². The second kappa shape index (κ2) is 3.61. The highest BCUT2D eigenvalue weighted by atomic mass is 16.4. The van der Waals surface area contributed by atoms with Gasteiger partial charge in [-0.15, -0.1) is 0 Å². The molecule has 0 saturated heterocycles. The predicted molar refractivity (Wildman–Crippen MR) is 57.0 cm³/mol. The van der Waals surface area contributed by atoms with E-state index in [0.717, 1.165) is 0 Å². The highest BCUT2D eigenvalue weighted by molar-refractivity contribution is 6.08. The monoisotopic (exact) mass is 202 g/mol. The van der Waals surface area contributed by atoms with Gasteiger partial charge in [0, 0.05) is 0 Å². The number of ketones is 1. The van der Waals surface area contributed by atoms with Gasteiger partial charge in [-0.3, -0.25) is 4.79 Å². The standard InChI is InChI=1S/C12H10O3/c1-2-5-9(13)12-11(14)8-6-3-4-7-10(8)15-12/h2-7,14H,1H3/b5-2-. The summed E-state index contributed by atoms with van der Waals surface area (Å²) in [5, 5.41) is 10.3. The van der Waals surface area contributed by atoms with Crippen molar-refractivity contribution in [1.82, 2.24) is 0 Å². The van der Waals surface area contributed by atoms with Gasteiger partial charge in [-0.05, 0) is 25.1 Å². The molecule has 0 aliphatic rings. The van der Waals surface area contributed by atoms with Gasteiger partial charge in [0.05, 0.1) is 5.39 Å². The molecule has 3 heteroatoms. The average Bonchev–Trinajstić information content (AvgIpc) is 2.57. The molecule has 2 rings (SSSR count). The smallest absolute Gasteiger partial charge is 0.224 e. The lowest BCUT2D eigenvalue weighted by molar-refractivity contribution is 0.102. The molecule has 0 bridgehead atoms. The minimum absolute atomic E-state index is 0.00528. The molecular formula is C12H10O3. The topological polar surface area (TPSA) is 50.4 Å². The number of benzene rings is 1. The third-order valence-electron chi connectivity index (χ3n) is 2.11. The highest BCUT2D eigenvalue weighted by Gasteiger charge is 2.17. The van der Waals surface area contributed by atoms with Crippen molar-refractivity contribution in [3.8, 4) is 5.75 Å². The van der Waals surface area contributed by atoms with Crippen LogP contribution in [0.25, 0.3) is 11.0 Å². The molecule has 0 spiro atoms. The SMILES string of the molecule is C/C=C\C(=O)c1oc2ccccc2c1O. The van der Waals surface area contributed by atoms with Crippen molar-refractivity contribution in [2.45, 2.75) is 6.92 Å². The van der Waals surface area contributed by atoms with Gasteiger partial charge in [0.25, 0.3) is 0 Å². The Hall–Kier alpha value is -2.03. The summed E-state index contributed by atoms with van der Waals surface area (Å²) in [5.74, 6) is -0.422. The molecule has 0 saturated carbocycles. The van der Waals surface area contributed by atoms with Crippen molar-refractivity contribution in [3.05, 3.63) is 42.2 Å². The zero-order valence-corrected chi connectivity index (χ0v) is 8.23. The number of allylic oxidation sites excluding steroid dienone is 2. The number of rotatable bonds is 2. The first-order chi connectivity index (χ1) is 7.24. The van der Waals surface area contributed by atoms with E-state index in [4.69, 9.17) is 4.42 Å². The second-order valence-electron chi connectivity index (χ2n) is 3.14. The molecule has 1 heterocycles. The van der Waals surface area contributed by atoms with E-state index in [1.807, 2.05) is 0 Å². The van der Waals surface area contributed by atoms with Crippen LogP contribution in [0.2, 0.25) is 0 Å². The highest BCUT2D eigenvalue weighted by Crippen LogP contribution is 2.31. The molecule has 0 amide bonds. The van der Waals surface area contributed by atoms with Crippen LogP contribution in [0.1, 0.15) is 17.5 Å². The molecule has 1 aromatic heterocycles. The number of carbonyl (C=O) groups excluding carboxylic acids is 1. The summed E-state index contributed by atoms with van der Waals surface area (Å²) in [6.07, 6.45) is 2.96. The Kier molecular flexibility index (Phi) is 2.29.